The first-order chi connectivity index (χ1) is 9.66. The van der Waals surface area contributed by atoms with Crippen molar-refractivity contribution in [1.29, 1.82) is 0 Å². The molecule has 0 bridgehead atoms. The van der Waals surface area contributed by atoms with Crippen LogP contribution < -0.4 is 34.7 Å². The molecule has 0 radical (unpaired) electrons. The van der Waals surface area contributed by atoms with E-state index in [1.165, 1.54) is 77.0 Å². The summed E-state index contributed by atoms with van der Waals surface area (Å²) in [7, 11) is 0. The summed E-state index contributed by atoms with van der Waals surface area (Å²) in [5.74, 6) is -0.373. The summed E-state index contributed by atoms with van der Waals surface area (Å²) >= 11 is 0. The SMILES string of the molecule is CCCCCCCCCCCCCC(C)CCC(=O)[O-].[Na+]. The fourth-order valence-corrected chi connectivity index (χ4v) is 2.67. The number of carbonyl (C=O) groups is 1. The van der Waals surface area contributed by atoms with Gasteiger partial charge in [0, 0.05) is 5.97 Å². The largest absolute Gasteiger partial charge is 1.00 e. The van der Waals surface area contributed by atoms with Gasteiger partial charge >= 0.3 is 29.6 Å². The van der Waals surface area contributed by atoms with E-state index >= 15 is 0 Å². The van der Waals surface area contributed by atoms with Crippen LogP contribution in [0.1, 0.15) is 104 Å². The van der Waals surface area contributed by atoms with E-state index in [1.54, 1.807) is 0 Å². The van der Waals surface area contributed by atoms with E-state index in [9.17, 15) is 9.90 Å². The van der Waals surface area contributed by atoms with Crippen LogP contribution in [0.2, 0.25) is 0 Å². The van der Waals surface area contributed by atoms with Gasteiger partial charge in [-0.05, 0) is 18.8 Å². The molecule has 21 heavy (non-hydrogen) atoms. The predicted molar refractivity (Wildman–Crippen MR) is 84.5 cm³/mol. The fraction of sp³-hybridized carbons (Fsp3) is 0.944. The van der Waals surface area contributed by atoms with Gasteiger partial charge in [0.05, 0.1) is 0 Å². The van der Waals surface area contributed by atoms with E-state index < -0.39 is 5.97 Å². The summed E-state index contributed by atoms with van der Waals surface area (Å²) < 4.78 is 0. The monoisotopic (exact) mass is 306 g/mol. The number of hydrogen-bond acceptors (Lipinski definition) is 2. The summed E-state index contributed by atoms with van der Waals surface area (Å²) in [6.07, 6.45) is 17.3. The van der Waals surface area contributed by atoms with Crippen molar-refractivity contribution in [1.82, 2.24) is 0 Å². The van der Waals surface area contributed by atoms with Crippen molar-refractivity contribution >= 4 is 5.97 Å². The second kappa shape index (κ2) is 18.5. The third-order valence-electron chi connectivity index (χ3n) is 4.14. The Labute approximate surface area is 154 Å². The Hall–Kier alpha value is 0.470. The number of carbonyl (C=O) groups excluding carboxylic acids is 1. The molecule has 0 saturated carbocycles. The molecular formula is C18H35NaO2. The molecule has 1 atom stereocenters. The molecule has 0 aliphatic carbocycles. The molecule has 0 aliphatic rings. The molecule has 1 unspecified atom stereocenters. The Balaban J connectivity index is 0. The van der Waals surface area contributed by atoms with Crippen LogP contribution in [0, 0.1) is 5.92 Å². The Bertz CT molecular complexity index is 219. The number of rotatable bonds is 15. The van der Waals surface area contributed by atoms with E-state index in [0.717, 1.165) is 6.42 Å². The first-order valence-corrected chi connectivity index (χ1v) is 8.86. The minimum atomic E-state index is -0.907. The van der Waals surface area contributed by atoms with Gasteiger partial charge in [0.25, 0.3) is 0 Å². The van der Waals surface area contributed by atoms with Crippen LogP contribution in [-0.4, -0.2) is 5.97 Å². The quantitative estimate of drug-likeness (QED) is 0.342. The van der Waals surface area contributed by atoms with Crippen molar-refractivity contribution in [2.24, 2.45) is 5.92 Å². The van der Waals surface area contributed by atoms with Gasteiger partial charge in [0.2, 0.25) is 0 Å². The van der Waals surface area contributed by atoms with Gasteiger partial charge in [-0.3, -0.25) is 0 Å². The average molecular weight is 306 g/mol. The Morgan fingerprint density at radius 2 is 1.24 bits per heavy atom. The first-order valence-electron chi connectivity index (χ1n) is 8.86. The molecule has 0 heterocycles. The van der Waals surface area contributed by atoms with Crippen LogP contribution in [0.15, 0.2) is 0 Å². The molecule has 0 rings (SSSR count). The molecular weight excluding hydrogens is 271 g/mol. The van der Waals surface area contributed by atoms with Crippen LogP contribution >= 0.6 is 0 Å². The Morgan fingerprint density at radius 3 is 1.67 bits per heavy atom. The van der Waals surface area contributed by atoms with Crippen molar-refractivity contribution in [3.8, 4) is 0 Å². The van der Waals surface area contributed by atoms with E-state index in [1.807, 2.05) is 0 Å². The summed E-state index contributed by atoms with van der Waals surface area (Å²) in [6, 6.07) is 0. The molecule has 0 saturated heterocycles. The van der Waals surface area contributed by atoms with E-state index in [2.05, 4.69) is 13.8 Å². The average Bonchev–Trinajstić information content (AvgIpc) is 2.42. The smallest absolute Gasteiger partial charge is 0.550 e. The van der Waals surface area contributed by atoms with Crippen LogP contribution in [0.4, 0.5) is 0 Å². The molecule has 0 spiro atoms. The number of aliphatic carboxylic acids is 1. The topological polar surface area (TPSA) is 40.1 Å². The molecule has 0 aliphatic heterocycles. The fourth-order valence-electron chi connectivity index (χ4n) is 2.67. The second-order valence-electron chi connectivity index (χ2n) is 6.34. The van der Waals surface area contributed by atoms with Crippen LogP contribution in [0.5, 0.6) is 0 Å². The maximum absolute atomic E-state index is 10.4. The van der Waals surface area contributed by atoms with Crippen molar-refractivity contribution in [2.75, 3.05) is 0 Å². The first kappa shape index (κ1) is 23.7. The molecule has 0 N–H and O–H groups in total. The minimum absolute atomic E-state index is 0. The zero-order valence-corrected chi connectivity index (χ0v) is 16.8. The zero-order chi connectivity index (χ0) is 15.1. The van der Waals surface area contributed by atoms with Gasteiger partial charge in [0.15, 0.2) is 0 Å². The molecule has 0 amide bonds. The Kier molecular flexibility index (Phi) is 20.9. The van der Waals surface area contributed by atoms with Gasteiger partial charge in [-0.1, -0.05) is 90.9 Å². The maximum atomic E-state index is 10.4. The van der Waals surface area contributed by atoms with E-state index in [4.69, 9.17) is 0 Å². The maximum Gasteiger partial charge on any atom is 1.00 e. The standard InChI is InChI=1S/C18H36O2.Na/c1-3-4-5-6-7-8-9-10-11-12-13-14-17(2)15-16-18(19)20;/h17H,3-16H2,1-2H3,(H,19,20);/q;+1/p-1. The van der Waals surface area contributed by atoms with Gasteiger partial charge in [-0.2, -0.15) is 0 Å². The van der Waals surface area contributed by atoms with Crippen molar-refractivity contribution < 1.29 is 39.5 Å². The van der Waals surface area contributed by atoms with Crippen molar-refractivity contribution in [3.05, 3.63) is 0 Å². The second-order valence-corrected chi connectivity index (χ2v) is 6.34. The number of carboxylic acids is 1. The van der Waals surface area contributed by atoms with Gasteiger partial charge in [0.1, 0.15) is 0 Å². The molecule has 0 fully saturated rings. The van der Waals surface area contributed by atoms with Gasteiger partial charge in [-0.15, -0.1) is 0 Å². The molecule has 0 aromatic heterocycles. The van der Waals surface area contributed by atoms with E-state index in [-0.39, 0.29) is 36.0 Å². The van der Waals surface area contributed by atoms with Gasteiger partial charge < -0.3 is 9.90 Å². The molecule has 0 aromatic rings. The summed E-state index contributed by atoms with van der Waals surface area (Å²) in [4.78, 5) is 10.4. The third kappa shape index (κ3) is 20.5. The van der Waals surface area contributed by atoms with E-state index in [0.29, 0.717) is 5.92 Å². The summed E-state index contributed by atoms with van der Waals surface area (Å²) in [6.45, 7) is 4.42. The van der Waals surface area contributed by atoms with Crippen LogP contribution in [0.25, 0.3) is 0 Å². The van der Waals surface area contributed by atoms with Gasteiger partial charge in [-0.25, -0.2) is 0 Å². The third-order valence-corrected chi connectivity index (χ3v) is 4.14. The van der Waals surface area contributed by atoms with Crippen molar-refractivity contribution in [2.45, 2.75) is 104 Å². The molecule has 3 heteroatoms. The van der Waals surface area contributed by atoms with Crippen LogP contribution in [0.3, 0.4) is 0 Å². The van der Waals surface area contributed by atoms with Crippen molar-refractivity contribution in [3.63, 3.8) is 0 Å². The molecule has 0 aromatic carbocycles. The van der Waals surface area contributed by atoms with Crippen LogP contribution in [-0.2, 0) is 4.79 Å². The number of hydrogen-bond donors (Lipinski definition) is 0. The molecule has 120 valence electrons. The normalized spacial score (nSPS) is 11.9. The summed E-state index contributed by atoms with van der Waals surface area (Å²) in [5.41, 5.74) is 0. The Morgan fingerprint density at radius 1 is 0.810 bits per heavy atom. The number of carboxylic acid groups (broad SMARTS) is 1. The summed E-state index contributed by atoms with van der Waals surface area (Å²) in [5, 5.41) is 10.4. The minimum Gasteiger partial charge on any atom is -0.550 e. The number of unbranched alkanes of at least 4 members (excludes halogenated alkanes) is 10. The predicted octanol–water partition coefficient (Wildman–Crippen LogP) is 1.86. The molecule has 2 nitrogen and oxygen atoms in total. The zero-order valence-electron chi connectivity index (χ0n) is 14.8.